The van der Waals surface area contributed by atoms with Crippen LogP contribution in [0.5, 0.6) is 0 Å². The number of carbonyl (C=O) groups excluding carboxylic acids is 1. The Morgan fingerprint density at radius 2 is 2.14 bits per heavy atom. The zero-order valence-corrected chi connectivity index (χ0v) is 17.5. The minimum Gasteiger partial charge on any atom is -0.444 e. The van der Waals surface area contributed by atoms with Crippen LogP contribution in [0, 0.1) is 0 Å². The normalized spacial score (nSPS) is 17.0. The molecule has 3 N–H and O–H groups in total. The molecule has 0 saturated heterocycles. The summed E-state index contributed by atoms with van der Waals surface area (Å²) in [5, 5.41) is 13.9. The Labute approximate surface area is 166 Å². The largest absolute Gasteiger partial charge is 0.444 e. The van der Waals surface area contributed by atoms with Crippen molar-refractivity contribution < 1.29 is 14.3 Å². The molecule has 1 aromatic heterocycles. The average molecular weight is 396 g/mol. The van der Waals surface area contributed by atoms with Crippen molar-refractivity contribution in [1.82, 2.24) is 30.7 Å². The van der Waals surface area contributed by atoms with E-state index in [1.165, 1.54) is 0 Å². The Kier molecular flexibility index (Phi) is 8.04. The van der Waals surface area contributed by atoms with E-state index < -0.39 is 11.7 Å². The van der Waals surface area contributed by atoms with E-state index in [2.05, 4.69) is 31.0 Å². The van der Waals surface area contributed by atoms with Crippen LogP contribution in [0.2, 0.25) is 0 Å². The summed E-state index contributed by atoms with van der Waals surface area (Å²) < 4.78 is 12.3. The predicted molar refractivity (Wildman–Crippen MR) is 106 cm³/mol. The number of methoxy groups -OCH3 is 1. The number of hydrogen-bond acceptors (Lipinski definition) is 6. The van der Waals surface area contributed by atoms with E-state index in [1.54, 1.807) is 7.11 Å². The number of hydrogen-bond donors (Lipinski definition) is 3. The third-order valence-corrected chi connectivity index (χ3v) is 3.91. The Bertz CT molecular complexity index is 667. The number of nitrogens with zero attached hydrogens (tertiary/aromatic N) is 4. The number of ether oxygens (including phenoxy) is 2. The van der Waals surface area contributed by atoms with Crippen LogP contribution in [0.1, 0.15) is 45.8 Å². The molecule has 1 aliphatic heterocycles. The molecule has 1 amide bonds. The number of carbonyl (C=O) groups is 1. The molecule has 0 radical (unpaired) electrons. The van der Waals surface area contributed by atoms with Gasteiger partial charge in [0, 0.05) is 32.7 Å². The monoisotopic (exact) mass is 395 g/mol. The molecule has 1 aliphatic rings. The quantitative estimate of drug-likeness (QED) is 0.356. The fraction of sp³-hybridized carbons (Fsp3) is 0.778. The van der Waals surface area contributed by atoms with Gasteiger partial charge in [0.15, 0.2) is 11.8 Å². The highest BCUT2D eigenvalue weighted by Gasteiger charge is 2.22. The van der Waals surface area contributed by atoms with Gasteiger partial charge in [0.2, 0.25) is 0 Å². The molecule has 0 aliphatic carbocycles. The molecule has 28 heavy (non-hydrogen) atoms. The van der Waals surface area contributed by atoms with Gasteiger partial charge in [0.05, 0.1) is 13.1 Å². The molecule has 0 saturated carbocycles. The Balaban J connectivity index is 1.83. The van der Waals surface area contributed by atoms with E-state index in [1.807, 2.05) is 32.4 Å². The number of aliphatic imine (C=N–C) groups is 1. The molecule has 0 aromatic carbocycles. The first kappa shape index (κ1) is 21.9. The summed E-state index contributed by atoms with van der Waals surface area (Å²) in [7, 11) is 1.64. The number of rotatable bonds is 7. The lowest BCUT2D eigenvalue weighted by Crippen LogP contribution is -2.47. The van der Waals surface area contributed by atoms with Crippen LogP contribution in [-0.4, -0.2) is 65.2 Å². The molecule has 158 valence electrons. The first-order valence-corrected chi connectivity index (χ1v) is 9.74. The number of amides is 1. The second-order valence-corrected chi connectivity index (χ2v) is 7.63. The molecule has 1 atom stereocenters. The molecule has 2 heterocycles. The maximum absolute atomic E-state index is 11.7. The van der Waals surface area contributed by atoms with Gasteiger partial charge in [-0.2, -0.15) is 5.10 Å². The van der Waals surface area contributed by atoms with Crippen molar-refractivity contribution >= 4 is 12.1 Å². The topological polar surface area (TPSA) is 115 Å². The summed E-state index contributed by atoms with van der Waals surface area (Å²) in [6, 6.07) is 0.209. The standard InChI is InChI=1S/C18H33N7O3/c1-6-19-16(20-9-10-21-17(26)28-18(2,3)4)22-13-7-8-15-23-14(12-27-5)24-25(15)11-13/h13H,6-12H2,1-5H3,(H,21,26)(H2,19,20,22). The highest BCUT2D eigenvalue weighted by atomic mass is 16.6. The van der Waals surface area contributed by atoms with Crippen molar-refractivity contribution in [3.05, 3.63) is 11.6 Å². The van der Waals surface area contributed by atoms with Gasteiger partial charge >= 0.3 is 6.09 Å². The summed E-state index contributed by atoms with van der Waals surface area (Å²) in [4.78, 5) is 20.7. The lowest BCUT2D eigenvalue weighted by molar-refractivity contribution is 0.0529. The van der Waals surface area contributed by atoms with Gasteiger partial charge in [-0.25, -0.2) is 14.5 Å². The maximum atomic E-state index is 11.7. The van der Waals surface area contributed by atoms with Crippen LogP contribution >= 0.6 is 0 Å². The number of fused-ring (bicyclic) bond motifs is 1. The SMILES string of the molecule is CCNC(=NCCNC(=O)OC(C)(C)C)NC1CCc2nc(COC)nn2C1. The highest BCUT2D eigenvalue weighted by molar-refractivity contribution is 5.80. The summed E-state index contributed by atoms with van der Waals surface area (Å²) in [5.41, 5.74) is -0.506. The molecule has 10 nitrogen and oxygen atoms in total. The summed E-state index contributed by atoms with van der Waals surface area (Å²) in [6.45, 7) is 10.3. The molecule has 1 aromatic rings. The Morgan fingerprint density at radius 3 is 2.82 bits per heavy atom. The van der Waals surface area contributed by atoms with Gasteiger partial charge in [-0.05, 0) is 34.1 Å². The van der Waals surface area contributed by atoms with Crippen molar-refractivity contribution in [3.8, 4) is 0 Å². The van der Waals surface area contributed by atoms with Gasteiger partial charge in [0.25, 0.3) is 0 Å². The first-order chi connectivity index (χ1) is 13.3. The van der Waals surface area contributed by atoms with E-state index in [9.17, 15) is 4.79 Å². The van der Waals surface area contributed by atoms with Gasteiger partial charge in [-0.15, -0.1) is 0 Å². The smallest absolute Gasteiger partial charge is 0.407 e. The van der Waals surface area contributed by atoms with Crippen LogP contribution in [0.25, 0.3) is 0 Å². The minimum absolute atomic E-state index is 0.209. The first-order valence-electron chi connectivity index (χ1n) is 9.74. The van der Waals surface area contributed by atoms with Crippen molar-refractivity contribution in [2.24, 2.45) is 4.99 Å². The van der Waals surface area contributed by atoms with Crippen LogP contribution in [0.15, 0.2) is 4.99 Å². The van der Waals surface area contributed by atoms with Crippen molar-refractivity contribution in [1.29, 1.82) is 0 Å². The molecular weight excluding hydrogens is 362 g/mol. The number of nitrogens with one attached hydrogen (secondary N) is 3. The second kappa shape index (κ2) is 10.3. The van der Waals surface area contributed by atoms with E-state index in [0.29, 0.717) is 25.5 Å². The second-order valence-electron chi connectivity index (χ2n) is 7.63. The third kappa shape index (κ3) is 7.34. The molecule has 2 rings (SSSR count). The highest BCUT2D eigenvalue weighted by Crippen LogP contribution is 2.13. The molecule has 0 spiro atoms. The van der Waals surface area contributed by atoms with Crippen LogP contribution in [-0.2, 0) is 29.0 Å². The Morgan fingerprint density at radius 1 is 1.36 bits per heavy atom. The predicted octanol–water partition coefficient (Wildman–Crippen LogP) is 0.819. The Hall–Kier alpha value is -2.36. The van der Waals surface area contributed by atoms with E-state index in [0.717, 1.165) is 37.7 Å². The lowest BCUT2D eigenvalue weighted by Gasteiger charge is -2.25. The van der Waals surface area contributed by atoms with E-state index in [-0.39, 0.29) is 6.04 Å². The van der Waals surface area contributed by atoms with Crippen molar-refractivity contribution in [3.63, 3.8) is 0 Å². The minimum atomic E-state index is -0.506. The maximum Gasteiger partial charge on any atom is 0.407 e. The number of guanidine groups is 1. The van der Waals surface area contributed by atoms with Gasteiger partial charge < -0.3 is 25.4 Å². The zero-order chi connectivity index (χ0) is 20.6. The van der Waals surface area contributed by atoms with Gasteiger partial charge in [-0.3, -0.25) is 4.99 Å². The van der Waals surface area contributed by atoms with Crippen LogP contribution in [0.4, 0.5) is 4.79 Å². The summed E-state index contributed by atoms with van der Waals surface area (Å²) in [5.74, 6) is 2.43. The fourth-order valence-electron chi connectivity index (χ4n) is 2.82. The summed E-state index contributed by atoms with van der Waals surface area (Å²) >= 11 is 0. The van der Waals surface area contributed by atoms with Crippen LogP contribution < -0.4 is 16.0 Å². The average Bonchev–Trinajstić information content (AvgIpc) is 2.99. The van der Waals surface area contributed by atoms with Crippen molar-refractivity contribution in [2.75, 3.05) is 26.7 Å². The fourth-order valence-corrected chi connectivity index (χ4v) is 2.82. The summed E-state index contributed by atoms with van der Waals surface area (Å²) in [6.07, 6.45) is 1.37. The zero-order valence-electron chi connectivity index (χ0n) is 17.5. The lowest BCUT2D eigenvalue weighted by atomic mass is 10.1. The third-order valence-electron chi connectivity index (χ3n) is 3.91. The molecule has 0 bridgehead atoms. The van der Waals surface area contributed by atoms with Gasteiger partial charge in [0.1, 0.15) is 18.0 Å². The number of alkyl carbamates (subject to hydrolysis) is 1. The number of aryl methyl sites for hydroxylation is 1. The van der Waals surface area contributed by atoms with Crippen molar-refractivity contribution in [2.45, 2.75) is 65.3 Å². The molecule has 1 unspecified atom stereocenters. The molecule has 10 heteroatoms. The van der Waals surface area contributed by atoms with Crippen LogP contribution in [0.3, 0.4) is 0 Å². The molecular formula is C18H33N7O3. The van der Waals surface area contributed by atoms with E-state index in [4.69, 9.17) is 9.47 Å². The van der Waals surface area contributed by atoms with Gasteiger partial charge in [-0.1, -0.05) is 0 Å². The number of aromatic nitrogens is 3. The molecule has 0 fully saturated rings. The van der Waals surface area contributed by atoms with E-state index >= 15 is 0 Å².